The van der Waals surface area contributed by atoms with Crippen molar-refractivity contribution in [2.45, 2.75) is 23.9 Å². The van der Waals surface area contributed by atoms with Crippen LogP contribution in [0, 0.1) is 0 Å². The normalized spacial score (nSPS) is 11.6. The molecule has 0 aromatic heterocycles. The van der Waals surface area contributed by atoms with E-state index < -0.39 is 0 Å². The van der Waals surface area contributed by atoms with E-state index in [1.54, 1.807) is 3.28 Å². The first-order valence-corrected chi connectivity index (χ1v) is 6.49. The SMILES string of the molecule is CC[CH2][Zr+3][C]1=CC=CC1.[Cl-].[Cl-].[Cl-]. The van der Waals surface area contributed by atoms with E-state index in [0.717, 1.165) is 0 Å². The van der Waals surface area contributed by atoms with Gasteiger partial charge in [-0.2, -0.15) is 0 Å². The van der Waals surface area contributed by atoms with Gasteiger partial charge in [-0.05, 0) is 0 Å². The Balaban J connectivity index is -0.000000270. The van der Waals surface area contributed by atoms with Crippen LogP contribution in [0.4, 0.5) is 0 Å². The van der Waals surface area contributed by atoms with Crippen molar-refractivity contribution in [3.63, 3.8) is 0 Å². The molecule has 0 amide bonds. The Hall–Kier alpha value is 1.23. The minimum absolute atomic E-state index is 0. The molecule has 1 aliphatic rings. The van der Waals surface area contributed by atoms with Gasteiger partial charge in [0, 0.05) is 0 Å². The summed E-state index contributed by atoms with van der Waals surface area (Å²) in [5.74, 6) is 0. The maximum absolute atomic E-state index is 2.32. The van der Waals surface area contributed by atoms with Gasteiger partial charge in [0.1, 0.15) is 0 Å². The number of rotatable bonds is 3. The van der Waals surface area contributed by atoms with E-state index in [2.05, 4.69) is 25.2 Å². The standard InChI is InChI=1S/C5H5.C3H7.3ClH.Zr/c1-2-4-5-3-1;1-3-2;;;;/h1-3H,4H2;1,3H2,2H3;3*1H;/q;;;;;+3/p-3. The van der Waals surface area contributed by atoms with Crippen LogP contribution in [0.5, 0.6) is 0 Å². The van der Waals surface area contributed by atoms with E-state index >= 15 is 0 Å². The topological polar surface area (TPSA) is 0 Å². The van der Waals surface area contributed by atoms with Crippen LogP contribution in [-0.4, -0.2) is 0 Å². The summed E-state index contributed by atoms with van der Waals surface area (Å²) in [6, 6.07) is 0. The van der Waals surface area contributed by atoms with Gasteiger partial charge in [0.05, 0.1) is 0 Å². The summed E-state index contributed by atoms with van der Waals surface area (Å²) in [7, 11) is 0. The third kappa shape index (κ3) is 7.86. The van der Waals surface area contributed by atoms with Crippen LogP contribution in [0.2, 0.25) is 4.13 Å². The molecular weight excluding hydrogens is 294 g/mol. The largest absolute Gasteiger partial charge is 1.00 e. The van der Waals surface area contributed by atoms with Crippen molar-refractivity contribution in [3.05, 3.63) is 21.5 Å². The van der Waals surface area contributed by atoms with Gasteiger partial charge in [-0.15, -0.1) is 0 Å². The quantitative estimate of drug-likeness (QED) is 0.487. The van der Waals surface area contributed by atoms with E-state index in [-0.39, 0.29) is 60.5 Å². The molecule has 0 aromatic carbocycles. The summed E-state index contributed by atoms with van der Waals surface area (Å²) in [4.78, 5) is 0. The van der Waals surface area contributed by atoms with Crippen LogP contribution in [0.1, 0.15) is 19.8 Å². The van der Waals surface area contributed by atoms with Crippen molar-refractivity contribution >= 4 is 0 Å². The second-order valence-corrected chi connectivity index (χ2v) is 5.93. The Morgan fingerprint density at radius 1 is 1.33 bits per heavy atom. The average Bonchev–Trinajstić information content (AvgIpc) is 2.34. The molecular formula is C8H12Cl3Zr. The van der Waals surface area contributed by atoms with Crippen molar-refractivity contribution in [1.82, 2.24) is 0 Å². The summed E-state index contributed by atoms with van der Waals surface area (Å²) in [6.07, 6.45) is 9.47. The molecule has 0 radical (unpaired) electrons. The number of halogens is 3. The smallest absolute Gasteiger partial charge is 1.00 e. The predicted octanol–water partition coefficient (Wildman–Crippen LogP) is -6.25. The zero-order valence-electron chi connectivity index (χ0n) is 6.99. The summed E-state index contributed by atoms with van der Waals surface area (Å²) in [5.41, 5.74) is 0. The van der Waals surface area contributed by atoms with Gasteiger partial charge >= 0.3 is 68.6 Å². The molecule has 0 unspecified atom stereocenters. The van der Waals surface area contributed by atoms with Gasteiger partial charge in [-0.3, -0.25) is 0 Å². The van der Waals surface area contributed by atoms with E-state index in [0.29, 0.717) is 0 Å². The minimum Gasteiger partial charge on any atom is -1.00 e. The predicted molar refractivity (Wildman–Crippen MR) is 36.9 cm³/mol. The van der Waals surface area contributed by atoms with Crippen molar-refractivity contribution in [1.29, 1.82) is 0 Å². The van der Waals surface area contributed by atoms with E-state index in [1.165, 1.54) is 17.0 Å². The first kappa shape index (κ1) is 18.9. The van der Waals surface area contributed by atoms with Crippen LogP contribution < -0.4 is 37.2 Å². The molecule has 0 saturated carbocycles. The first-order valence-electron chi connectivity index (χ1n) is 3.53. The Morgan fingerprint density at radius 3 is 2.42 bits per heavy atom. The van der Waals surface area contributed by atoms with Crippen LogP contribution in [0.25, 0.3) is 0 Å². The third-order valence-electron chi connectivity index (χ3n) is 1.37. The van der Waals surface area contributed by atoms with Gasteiger partial charge in [-0.25, -0.2) is 0 Å². The molecule has 0 aliphatic heterocycles. The van der Waals surface area contributed by atoms with E-state index in [4.69, 9.17) is 0 Å². The molecule has 0 fully saturated rings. The zero-order chi connectivity index (χ0) is 6.53. The molecule has 0 spiro atoms. The van der Waals surface area contributed by atoms with Crippen molar-refractivity contribution in [2.75, 3.05) is 0 Å². The molecule has 12 heavy (non-hydrogen) atoms. The average molecular weight is 306 g/mol. The van der Waals surface area contributed by atoms with Gasteiger partial charge < -0.3 is 37.2 Å². The molecule has 0 aromatic rings. The number of hydrogen-bond acceptors (Lipinski definition) is 0. The van der Waals surface area contributed by atoms with Gasteiger partial charge in [0.2, 0.25) is 0 Å². The third-order valence-corrected chi connectivity index (χ3v) is 5.24. The zero-order valence-corrected chi connectivity index (χ0v) is 11.7. The summed E-state index contributed by atoms with van der Waals surface area (Å²) < 4.78 is 3.30. The molecule has 1 aliphatic carbocycles. The Bertz CT molecular complexity index is 143. The molecule has 0 heterocycles. The summed E-state index contributed by atoms with van der Waals surface area (Å²) in [6.45, 7) is 2.28. The first-order chi connectivity index (χ1) is 4.43. The Labute approximate surface area is 105 Å². The fraction of sp³-hybridized carbons (Fsp3) is 0.500. The van der Waals surface area contributed by atoms with Crippen LogP contribution >= 0.6 is 0 Å². The molecule has 1 rings (SSSR count). The molecule has 69 valence electrons. The fourth-order valence-corrected chi connectivity index (χ4v) is 3.44. The van der Waals surface area contributed by atoms with E-state index in [1.807, 2.05) is 0 Å². The second-order valence-electron chi connectivity index (χ2n) is 2.25. The number of hydrogen-bond donors (Lipinski definition) is 0. The van der Waals surface area contributed by atoms with Gasteiger partial charge in [0.15, 0.2) is 0 Å². The molecule has 0 bridgehead atoms. The summed E-state index contributed by atoms with van der Waals surface area (Å²) in [5, 5.41) is 0. The van der Waals surface area contributed by atoms with Gasteiger partial charge in [-0.1, -0.05) is 0 Å². The number of allylic oxidation sites excluding steroid dienone is 4. The molecule has 0 atom stereocenters. The van der Waals surface area contributed by atoms with Crippen LogP contribution in [0.15, 0.2) is 21.5 Å². The summed E-state index contributed by atoms with van der Waals surface area (Å²) >= 11 is -0.0651. The monoisotopic (exact) mass is 303 g/mol. The molecule has 4 heteroatoms. The maximum atomic E-state index is 2.32. The minimum atomic E-state index is -0.0651. The molecule has 0 nitrogen and oxygen atoms in total. The van der Waals surface area contributed by atoms with Crippen molar-refractivity contribution in [3.8, 4) is 0 Å². The second kappa shape index (κ2) is 12.2. The fourth-order valence-electron chi connectivity index (χ4n) is 0.864. The van der Waals surface area contributed by atoms with Crippen molar-refractivity contribution < 1.29 is 60.5 Å². The van der Waals surface area contributed by atoms with Crippen LogP contribution in [-0.2, 0) is 23.2 Å². The van der Waals surface area contributed by atoms with Crippen molar-refractivity contribution in [2.24, 2.45) is 0 Å². The Morgan fingerprint density at radius 2 is 2.00 bits per heavy atom. The van der Waals surface area contributed by atoms with Gasteiger partial charge in [0.25, 0.3) is 0 Å². The maximum Gasteiger partial charge on any atom is -1.00 e. The molecule has 0 saturated heterocycles. The Kier molecular flexibility index (Phi) is 19.3. The molecule has 0 N–H and O–H groups in total. The van der Waals surface area contributed by atoms with E-state index in [9.17, 15) is 0 Å². The van der Waals surface area contributed by atoms with Crippen LogP contribution in [0.3, 0.4) is 0 Å².